The minimum atomic E-state index is -0.976. The molecule has 0 aliphatic carbocycles. The minimum absolute atomic E-state index is 0.0540. The number of rotatable bonds is 8. The Morgan fingerprint density at radius 1 is 1.29 bits per heavy atom. The SMILES string of the molecule is CCC(CC)N(c1ccnc(C)n1)[C@H](CC)C(C)(O)NC. The van der Waals surface area contributed by atoms with Crippen molar-refractivity contribution in [3.63, 3.8) is 0 Å². The van der Waals surface area contributed by atoms with E-state index in [4.69, 9.17) is 0 Å². The molecule has 0 aliphatic rings. The van der Waals surface area contributed by atoms with Crippen molar-refractivity contribution in [3.05, 3.63) is 18.1 Å². The van der Waals surface area contributed by atoms with Crippen LogP contribution in [0.4, 0.5) is 5.82 Å². The van der Waals surface area contributed by atoms with Crippen LogP contribution < -0.4 is 10.2 Å². The number of hydrogen-bond donors (Lipinski definition) is 2. The highest BCUT2D eigenvalue weighted by Gasteiger charge is 2.37. The van der Waals surface area contributed by atoms with Gasteiger partial charge in [0.15, 0.2) is 0 Å². The van der Waals surface area contributed by atoms with E-state index in [1.807, 2.05) is 19.9 Å². The summed E-state index contributed by atoms with van der Waals surface area (Å²) >= 11 is 0. The Hall–Kier alpha value is -1.20. The largest absolute Gasteiger partial charge is 0.374 e. The molecular weight excluding hydrogens is 264 g/mol. The van der Waals surface area contributed by atoms with Crippen LogP contribution in [0.5, 0.6) is 0 Å². The monoisotopic (exact) mass is 294 g/mol. The highest BCUT2D eigenvalue weighted by atomic mass is 16.3. The van der Waals surface area contributed by atoms with Gasteiger partial charge in [0.05, 0.1) is 6.04 Å². The summed E-state index contributed by atoms with van der Waals surface area (Å²) in [6.45, 7) is 10.2. The zero-order valence-corrected chi connectivity index (χ0v) is 14.2. The maximum Gasteiger partial charge on any atom is 0.133 e. The molecule has 0 aromatic carbocycles. The Labute approximate surface area is 128 Å². The first-order valence-electron chi connectivity index (χ1n) is 7.90. The van der Waals surface area contributed by atoms with Crippen LogP contribution in [0, 0.1) is 6.92 Å². The normalized spacial score (nSPS) is 15.8. The van der Waals surface area contributed by atoms with E-state index in [-0.39, 0.29) is 6.04 Å². The molecule has 1 rings (SSSR count). The molecular formula is C16H30N4O. The van der Waals surface area contributed by atoms with Crippen molar-refractivity contribution in [2.45, 2.75) is 71.7 Å². The summed E-state index contributed by atoms with van der Waals surface area (Å²) in [5.74, 6) is 1.64. The maximum absolute atomic E-state index is 10.7. The summed E-state index contributed by atoms with van der Waals surface area (Å²) in [5, 5.41) is 13.8. The number of anilines is 1. The molecule has 120 valence electrons. The number of aromatic nitrogens is 2. The first-order valence-corrected chi connectivity index (χ1v) is 7.90. The molecule has 0 spiro atoms. The first-order chi connectivity index (χ1) is 9.91. The topological polar surface area (TPSA) is 61.3 Å². The fraction of sp³-hybridized carbons (Fsp3) is 0.750. The van der Waals surface area contributed by atoms with Gasteiger partial charge in [-0.2, -0.15) is 0 Å². The van der Waals surface area contributed by atoms with Crippen molar-refractivity contribution in [1.29, 1.82) is 0 Å². The van der Waals surface area contributed by atoms with E-state index < -0.39 is 5.72 Å². The van der Waals surface area contributed by atoms with E-state index in [2.05, 4.69) is 41.0 Å². The zero-order valence-electron chi connectivity index (χ0n) is 14.2. The second-order valence-corrected chi connectivity index (χ2v) is 5.66. The lowest BCUT2D eigenvalue weighted by atomic mass is 9.97. The molecule has 5 heteroatoms. The second kappa shape index (κ2) is 7.71. The predicted molar refractivity (Wildman–Crippen MR) is 87.4 cm³/mol. The second-order valence-electron chi connectivity index (χ2n) is 5.66. The highest BCUT2D eigenvalue weighted by molar-refractivity contribution is 5.41. The molecule has 5 nitrogen and oxygen atoms in total. The molecule has 2 atom stereocenters. The summed E-state index contributed by atoms with van der Waals surface area (Å²) in [6, 6.07) is 2.21. The molecule has 1 aromatic heterocycles. The van der Waals surface area contributed by atoms with Gasteiger partial charge >= 0.3 is 0 Å². The lowest BCUT2D eigenvalue weighted by molar-refractivity contribution is -0.000677. The van der Waals surface area contributed by atoms with Gasteiger partial charge in [-0.25, -0.2) is 9.97 Å². The number of aryl methyl sites for hydroxylation is 1. The molecule has 21 heavy (non-hydrogen) atoms. The van der Waals surface area contributed by atoms with Crippen molar-refractivity contribution in [3.8, 4) is 0 Å². The van der Waals surface area contributed by atoms with E-state index in [1.54, 1.807) is 13.2 Å². The van der Waals surface area contributed by atoms with Crippen LogP contribution in [0.15, 0.2) is 12.3 Å². The number of nitrogens with one attached hydrogen (secondary N) is 1. The fourth-order valence-corrected chi connectivity index (χ4v) is 2.90. The number of nitrogens with zero attached hydrogens (tertiary/aromatic N) is 3. The van der Waals surface area contributed by atoms with E-state index in [1.165, 1.54) is 0 Å². The Morgan fingerprint density at radius 3 is 2.33 bits per heavy atom. The standard InChI is InChI=1S/C16H30N4O/c1-7-13(8-2)20(14(9-3)16(5,21)17-6)15-10-11-18-12(4)19-15/h10-11,13-14,17,21H,7-9H2,1-6H3/t14-,16?/m1/s1. The van der Waals surface area contributed by atoms with Gasteiger partial charge in [0, 0.05) is 12.2 Å². The number of aliphatic hydroxyl groups is 1. The highest BCUT2D eigenvalue weighted by Crippen LogP contribution is 2.27. The lowest BCUT2D eigenvalue weighted by Crippen LogP contribution is -2.60. The van der Waals surface area contributed by atoms with Crippen LogP contribution in [0.3, 0.4) is 0 Å². The summed E-state index contributed by atoms with van der Waals surface area (Å²) in [6.07, 6.45) is 4.63. The average Bonchev–Trinajstić information content (AvgIpc) is 2.47. The molecule has 0 bridgehead atoms. The van der Waals surface area contributed by atoms with E-state index in [0.29, 0.717) is 6.04 Å². The van der Waals surface area contributed by atoms with E-state index >= 15 is 0 Å². The van der Waals surface area contributed by atoms with Gasteiger partial charge in [-0.05, 0) is 46.2 Å². The summed E-state index contributed by atoms with van der Waals surface area (Å²) in [7, 11) is 1.79. The third kappa shape index (κ3) is 4.14. The van der Waals surface area contributed by atoms with Crippen LogP contribution in [0.2, 0.25) is 0 Å². The molecule has 0 saturated carbocycles. The zero-order chi connectivity index (χ0) is 16.0. The van der Waals surface area contributed by atoms with Crippen molar-refractivity contribution in [2.75, 3.05) is 11.9 Å². The molecule has 0 radical (unpaired) electrons. The Bertz CT molecular complexity index is 432. The van der Waals surface area contributed by atoms with Gasteiger partial charge in [0.25, 0.3) is 0 Å². The first kappa shape index (κ1) is 17.9. The van der Waals surface area contributed by atoms with Crippen molar-refractivity contribution < 1.29 is 5.11 Å². The molecule has 2 N–H and O–H groups in total. The van der Waals surface area contributed by atoms with Crippen molar-refractivity contribution in [1.82, 2.24) is 15.3 Å². The Kier molecular flexibility index (Phi) is 6.55. The molecule has 1 heterocycles. The summed E-state index contributed by atoms with van der Waals surface area (Å²) in [5.41, 5.74) is -0.976. The Morgan fingerprint density at radius 2 is 1.90 bits per heavy atom. The van der Waals surface area contributed by atoms with Gasteiger partial charge in [0.1, 0.15) is 17.4 Å². The average molecular weight is 294 g/mol. The van der Waals surface area contributed by atoms with E-state index in [9.17, 15) is 5.11 Å². The van der Waals surface area contributed by atoms with Crippen molar-refractivity contribution >= 4 is 5.82 Å². The molecule has 1 unspecified atom stereocenters. The van der Waals surface area contributed by atoms with Gasteiger partial charge in [-0.1, -0.05) is 20.8 Å². The molecule has 0 fully saturated rings. The van der Waals surface area contributed by atoms with Crippen LogP contribution in [-0.2, 0) is 0 Å². The summed E-state index contributed by atoms with van der Waals surface area (Å²) < 4.78 is 0. The van der Waals surface area contributed by atoms with Gasteiger partial charge in [0.2, 0.25) is 0 Å². The van der Waals surface area contributed by atoms with Crippen LogP contribution >= 0.6 is 0 Å². The quantitative estimate of drug-likeness (QED) is 0.721. The van der Waals surface area contributed by atoms with Gasteiger partial charge in [-0.3, -0.25) is 5.32 Å². The van der Waals surface area contributed by atoms with Gasteiger partial charge < -0.3 is 10.0 Å². The molecule has 0 amide bonds. The van der Waals surface area contributed by atoms with Crippen LogP contribution in [0.1, 0.15) is 52.8 Å². The predicted octanol–water partition coefficient (Wildman–Crippen LogP) is 2.49. The van der Waals surface area contributed by atoms with Crippen LogP contribution in [0.25, 0.3) is 0 Å². The van der Waals surface area contributed by atoms with Gasteiger partial charge in [-0.15, -0.1) is 0 Å². The molecule has 1 aromatic rings. The van der Waals surface area contributed by atoms with E-state index in [0.717, 1.165) is 30.9 Å². The fourth-order valence-electron chi connectivity index (χ4n) is 2.90. The smallest absolute Gasteiger partial charge is 0.133 e. The maximum atomic E-state index is 10.7. The summed E-state index contributed by atoms with van der Waals surface area (Å²) in [4.78, 5) is 11.0. The van der Waals surface area contributed by atoms with Crippen molar-refractivity contribution in [2.24, 2.45) is 0 Å². The third-order valence-electron chi connectivity index (χ3n) is 4.24. The minimum Gasteiger partial charge on any atom is -0.374 e. The number of hydrogen-bond acceptors (Lipinski definition) is 5. The molecule has 0 saturated heterocycles. The lowest BCUT2D eigenvalue weighted by Gasteiger charge is -2.45. The third-order valence-corrected chi connectivity index (χ3v) is 4.24. The molecule has 0 aliphatic heterocycles. The van der Waals surface area contributed by atoms with Crippen LogP contribution in [-0.4, -0.2) is 39.9 Å². The Balaban J connectivity index is 3.30. The number of likely N-dealkylation sites (N-methyl/N-ethyl adjacent to an activating group) is 1.